The molecule has 0 aromatic rings. The lowest BCUT2D eigenvalue weighted by atomic mass is 10.0. The van der Waals surface area contributed by atoms with Crippen LogP contribution in [0.15, 0.2) is 12.2 Å². The number of ether oxygens (including phenoxy) is 1. The SMILES string of the molecule is CCCCCCCCCCCCCCCCC/C=C/C(O)C(CO)NC(=O)CCCCCCCCCCCCCCCOC(=O)CCCCCCCCCCCCCCCCCCCCC. The van der Waals surface area contributed by atoms with Crippen LogP contribution in [0.4, 0.5) is 0 Å². The summed E-state index contributed by atoms with van der Waals surface area (Å²) in [7, 11) is 0. The van der Waals surface area contributed by atoms with Gasteiger partial charge in [-0.1, -0.05) is 302 Å². The topological polar surface area (TPSA) is 95.9 Å². The van der Waals surface area contributed by atoms with Gasteiger partial charge in [-0.15, -0.1) is 0 Å². The standard InChI is InChI=1S/C60H117NO5/c1-3-5-7-9-11-13-15-17-19-21-22-24-26-30-34-38-42-46-50-54-60(65)66-55-51-47-43-39-35-31-27-29-33-37-41-45-49-53-59(64)61-57(56-62)58(63)52-48-44-40-36-32-28-25-23-20-18-16-14-12-10-8-6-4-2/h48,52,57-58,62-63H,3-47,49-51,53-56H2,1-2H3,(H,61,64)/b52-48+. The van der Waals surface area contributed by atoms with Gasteiger partial charge in [0.05, 0.1) is 25.4 Å². The Balaban J connectivity index is 3.44. The number of aliphatic hydroxyl groups is 2. The van der Waals surface area contributed by atoms with Crippen molar-refractivity contribution in [3.63, 3.8) is 0 Å². The lowest BCUT2D eigenvalue weighted by Crippen LogP contribution is -2.45. The highest BCUT2D eigenvalue weighted by Gasteiger charge is 2.18. The molecule has 2 atom stereocenters. The summed E-state index contributed by atoms with van der Waals surface area (Å²) in [6, 6.07) is -0.637. The van der Waals surface area contributed by atoms with Gasteiger partial charge in [0.2, 0.25) is 5.91 Å². The molecule has 66 heavy (non-hydrogen) atoms. The molecule has 0 radical (unpaired) electrons. The average Bonchev–Trinajstić information content (AvgIpc) is 3.32. The maximum Gasteiger partial charge on any atom is 0.305 e. The summed E-state index contributed by atoms with van der Waals surface area (Å²) < 4.78 is 5.49. The number of hydrogen-bond acceptors (Lipinski definition) is 5. The van der Waals surface area contributed by atoms with E-state index in [1.165, 1.54) is 250 Å². The Morgan fingerprint density at radius 3 is 1.03 bits per heavy atom. The maximum atomic E-state index is 12.5. The molecule has 0 aromatic carbocycles. The van der Waals surface area contributed by atoms with Crippen molar-refractivity contribution in [1.29, 1.82) is 0 Å². The van der Waals surface area contributed by atoms with Crippen molar-refractivity contribution in [1.82, 2.24) is 5.32 Å². The Bertz CT molecular complexity index is 986. The quantitative estimate of drug-likeness (QED) is 0.0321. The number of nitrogens with one attached hydrogen (secondary N) is 1. The number of amides is 1. The van der Waals surface area contributed by atoms with Crippen molar-refractivity contribution in [3.8, 4) is 0 Å². The smallest absolute Gasteiger partial charge is 0.305 e. The van der Waals surface area contributed by atoms with Crippen LogP contribution in [0, 0.1) is 0 Å². The first-order valence-corrected chi connectivity index (χ1v) is 30.0. The van der Waals surface area contributed by atoms with Gasteiger partial charge in [-0.3, -0.25) is 9.59 Å². The van der Waals surface area contributed by atoms with Crippen LogP contribution < -0.4 is 5.32 Å². The van der Waals surface area contributed by atoms with Gasteiger partial charge in [0, 0.05) is 12.8 Å². The first-order valence-electron chi connectivity index (χ1n) is 30.0. The maximum absolute atomic E-state index is 12.5. The third-order valence-electron chi connectivity index (χ3n) is 14.1. The molecule has 6 heteroatoms. The van der Waals surface area contributed by atoms with E-state index in [4.69, 9.17) is 4.74 Å². The molecule has 0 aliphatic carbocycles. The van der Waals surface area contributed by atoms with Crippen molar-refractivity contribution in [2.75, 3.05) is 13.2 Å². The van der Waals surface area contributed by atoms with Crippen molar-refractivity contribution in [2.45, 2.75) is 347 Å². The highest BCUT2D eigenvalue weighted by molar-refractivity contribution is 5.76. The Labute approximate surface area is 412 Å². The molecule has 0 aliphatic heterocycles. The average molecular weight is 933 g/mol. The van der Waals surface area contributed by atoms with E-state index in [1.807, 2.05) is 6.08 Å². The molecule has 0 rings (SSSR count). The van der Waals surface area contributed by atoms with Crippen LogP contribution >= 0.6 is 0 Å². The van der Waals surface area contributed by atoms with Crippen molar-refractivity contribution in [2.24, 2.45) is 0 Å². The Hall–Kier alpha value is -1.40. The summed E-state index contributed by atoms with van der Waals surface area (Å²) in [5.74, 6) is -0.0790. The Kier molecular flexibility index (Phi) is 55.0. The van der Waals surface area contributed by atoms with Crippen LogP contribution in [0.5, 0.6) is 0 Å². The fourth-order valence-electron chi connectivity index (χ4n) is 9.46. The first kappa shape index (κ1) is 64.6. The van der Waals surface area contributed by atoms with Crippen molar-refractivity contribution in [3.05, 3.63) is 12.2 Å². The monoisotopic (exact) mass is 932 g/mol. The van der Waals surface area contributed by atoms with E-state index < -0.39 is 12.1 Å². The lowest BCUT2D eigenvalue weighted by Gasteiger charge is -2.20. The van der Waals surface area contributed by atoms with Crippen LogP contribution in [-0.2, 0) is 14.3 Å². The number of aliphatic hydroxyl groups excluding tert-OH is 2. The normalized spacial score (nSPS) is 12.6. The number of esters is 1. The van der Waals surface area contributed by atoms with Crippen molar-refractivity contribution < 1.29 is 24.5 Å². The highest BCUT2D eigenvalue weighted by Crippen LogP contribution is 2.18. The van der Waals surface area contributed by atoms with Gasteiger partial charge in [-0.2, -0.15) is 0 Å². The van der Waals surface area contributed by atoms with E-state index in [9.17, 15) is 19.8 Å². The molecule has 2 unspecified atom stereocenters. The molecule has 0 bridgehead atoms. The summed E-state index contributed by atoms with van der Waals surface area (Å²) in [4.78, 5) is 24.6. The van der Waals surface area contributed by atoms with Gasteiger partial charge in [-0.25, -0.2) is 0 Å². The second-order valence-corrected chi connectivity index (χ2v) is 20.7. The summed E-state index contributed by atoms with van der Waals surface area (Å²) in [5, 5.41) is 23.1. The van der Waals surface area contributed by atoms with Crippen molar-refractivity contribution >= 4 is 11.9 Å². The second kappa shape index (κ2) is 56.2. The Morgan fingerprint density at radius 2 is 0.697 bits per heavy atom. The molecule has 0 aliphatic rings. The minimum Gasteiger partial charge on any atom is -0.466 e. The number of rotatable bonds is 56. The van der Waals surface area contributed by atoms with Gasteiger partial charge in [0.1, 0.15) is 0 Å². The third kappa shape index (κ3) is 52.0. The number of hydrogen-bond donors (Lipinski definition) is 3. The van der Waals surface area contributed by atoms with Gasteiger partial charge < -0.3 is 20.3 Å². The van der Waals surface area contributed by atoms with Crippen LogP contribution in [0.25, 0.3) is 0 Å². The van der Waals surface area contributed by atoms with Gasteiger partial charge in [0.15, 0.2) is 0 Å². The minimum atomic E-state index is -0.852. The molecule has 1 amide bonds. The van der Waals surface area contributed by atoms with Crippen LogP contribution in [0.1, 0.15) is 335 Å². The van der Waals surface area contributed by atoms with E-state index in [0.717, 1.165) is 57.8 Å². The lowest BCUT2D eigenvalue weighted by molar-refractivity contribution is -0.143. The molecule has 0 saturated carbocycles. The Morgan fingerprint density at radius 1 is 0.409 bits per heavy atom. The zero-order valence-electron chi connectivity index (χ0n) is 44.7. The number of carbonyl (C=O) groups is 2. The molecule has 392 valence electrons. The van der Waals surface area contributed by atoms with Crippen LogP contribution in [0.2, 0.25) is 0 Å². The van der Waals surface area contributed by atoms with E-state index in [1.54, 1.807) is 6.08 Å². The van der Waals surface area contributed by atoms with E-state index >= 15 is 0 Å². The number of carbonyl (C=O) groups excluding carboxylic acids is 2. The molecule has 0 aromatic heterocycles. The molecule has 0 fully saturated rings. The summed E-state index contributed by atoms with van der Waals surface area (Å²) in [6.45, 7) is 4.91. The first-order chi connectivity index (χ1) is 32.5. The summed E-state index contributed by atoms with van der Waals surface area (Å²) in [5.41, 5.74) is 0. The molecule has 6 nitrogen and oxygen atoms in total. The zero-order chi connectivity index (χ0) is 47.9. The van der Waals surface area contributed by atoms with E-state index in [2.05, 4.69) is 19.2 Å². The summed E-state index contributed by atoms with van der Waals surface area (Å²) >= 11 is 0. The molecule has 0 saturated heterocycles. The fourth-order valence-corrected chi connectivity index (χ4v) is 9.46. The predicted molar refractivity (Wildman–Crippen MR) is 287 cm³/mol. The van der Waals surface area contributed by atoms with Crippen LogP contribution in [-0.4, -0.2) is 47.4 Å². The van der Waals surface area contributed by atoms with E-state index in [-0.39, 0.29) is 18.5 Å². The molecule has 0 spiro atoms. The van der Waals surface area contributed by atoms with Gasteiger partial charge in [0.25, 0.3) is 0 Å². The third-order valence-corrected chi connectivity index (χ3v) is 14.1. The second-order valence-electron chi connectivity index (χ2n) is 20.7. The molecular weight excluding hydrogens is 815 g/mol. The molecule has 3 N–H and O–H groups in total. The molecular formula is C60H117NO5. The fraction of sp³-hybridized carbons (Fsp3) is 0.933. The van der Waals surface area contributed by atoms with E-state index in [0.29, 0.717) is 19.4 Å². The van der Waals surface area contributed by atoms with Gasteiger partial charge >= 0.3 is 5.97 Å². The highest BCUT2D eigenvalue weighted by atomic mass is 16.5. The van der Waals surface area contributed by atoms with Gasteiger partial charge in [-0.05, 0) is 32.1 Å². The number of allylic oxidation sites excluding steroid dienone is 1. The predicted octanol–water partition coefficient (Wildman–Crippen LogP) is 18.5. The number of unbranched alkanes of at least 4 members (excludes halogenated alkanes) is 45. The van der Waals surface area contributed by atoms with Crippen LogP contribution in [0.3, 0.4) is 0 Å². The largest absolute Gasteiger partial charge is 0.466 e. The minimum absolute atomic E-state index is 0.00133. The summed E-state index contributed by atoms with van der Waals surface area (Å²) in [6.07, 6.45) is 66.6. The zero-order valence-corrected chi connectivity index (χ0v) is 44.7. The molecule has 0 heterocycles.